The van der Waals surface area contributed by atoms with E-state index in [-0.39, 0.29) is 0 Å². The van der Waals surface area contributed by atoms with Crippen molar-refractivity contribution < 1.29 is 0 Å². The van der Waals surface area contributed by atoms with Gasteiger partial charge < -0.3 is 5.32 Å². The maximum Gasteiger partial charge on any atom is 0.0169 e. The molecule has 0 spiro atoms. The van der Waals surface area contributed by atoms with E-state index in [9.17, 15) is 0 Å². The molecule has 14 heavy (non-hydrogen) atoms. The molecule has 1 aliphatic rings. The average Bonchev–Trinajstić information content (AvgIpc) is 2.01. The Bertz CT molecular complexity index is 184. The Morgan fingerprint density at radius 1 is 1.29 bits per heavy atom. The van der Waals surface area contributed by atoms with Crippen molar-refractivity contribution in [1.82, 2.24) is 10.2 Å². The Kier molecular flexibility index (Phi) is 4.63. The standard InChI is InChI=1S/C12H24N2/c1-10(2)6-5-7-14-8-11(3)13-12(4)9-14/h6,11-13H,5,7-9H2,1-4H3. The van der Waals surface area contributed by atoms with E-state index in [0.717, 1.165) is 0 Å². The fourth-order valence-corrected chi connectivity index (χ4v) is 2.16. The van der Waals surface area contributed by atoms with Crippen LogP contribution in [0.4, 0.5) is 0 Å². The molecule has 0 radical (unpaired) electrons. The van der Waals surface area contributed by atoms with Gasteiger partial charge in [0.05, 0.1) is 0 Å². The first kappa shape index (κ1) is 11.7. The molecule has 2 atom stereocenters. The zero-order valence-electron chi connectivity index (χ0n) is 10.0. The predicted molar refractivity (Wildman–Crippen MR) is 62.5 cm³/mol. The van der Waals surface area contributed by atoms with Gasteiger partial charge >= 0.3 is 0 Å². The Balaban J connectivity index is 2.27. The molecule has 0 amide bonds. The number of rotatable bonds is 3. The number of hydrogen-bond acceptors (Lipinski definition) is 2. The van der Waals surface area contributed by atoms with Crippen molar-refractivity contribution in [3.05, 3.63) is 11.6 Å². The first-order chi connectivity index (χ1) is 6.58. The second kappa shape index (κ2) is 5.52. The second-order valence-corrected chi connectivity index (χ2v) is 4.80. The van der Waals surface area contributed by atoms with E-state index in [0.29, 0.717) is 12.1 Å². The van der Waals surface area contributed by atoms with E-state index >= 15 is 0 Å². The van der Waals surface area contributed by atoms with Gasteiger partial charge in [0.1, 0.15) is 0 Å². The SMILES string of the molecule is CC(C)=CCCN1CC(C)NC(C)C1. The number of allylic oxidation sites excluding steroid dienone is 1. The minimum atomic E-state index is 0.644. The quantitative estimate of drug-likeness (QED) is 0.695. The summed E-state index contributed by atoms with van der Waals surface area (Å²) < 4.78 is 0. The molecule has 1 N–H and O–H groups in total. The van der Waals surface area contributed by atoms with Crippen LogP contribution in [0.2, 0.25) is 0 Å². The van der Waals surface area contributed by atoms with Gasteiger partial charge in [-0.2, -0.15) is 0 Å². The summed E-state index contributed by atoms with van der Waals surface area (Å²) in [6.45, 7) is 12.5. The van der Waals surface area contributed by atoms with Crippen LogP contribution in [-0.4, -0.2) is 36.6 Å². The van der Waals surface area contributed by atoms with Crippen molar-refractivity contribution in [3.63, 3.8) is 0 Å². The molecule has 1 aliphatic heterocycles. The summed E-state index contributed by atoms with van der Waals surface area (Å²) in [6.07, 6.45) is 3.53. The highest BCUT2D eigenvalue weighted by Crippen LogP contribution is 2.05. The number of piperazine rings is 1. The first-order valence-electron chi connectivity index (χ1n) is 5.69. The van der Waals surface area contributed by atoms with Crippen LogP contribution < -0.4 is 5.32 Å². The van der Waals surface area contributed by atoms with Gasteiger partial charge in [-0.3, -0.25) is 4.90 Å². The maximum absolute atomic E-state index is 3.55. The van der Waals surface area contributed by atoms with E-state index in [1.165, 1.54) is 31.6 Å². The minimum absolute atomic E-state index is 0.644. The molecule has 0 saturated carbocycles. The molecule has 1 fully saturated rings. The van der Waals surface area contributed by atoms with Gasteiger partial charge in [0.15, 0.2) is 0 Å². The van der Waals surface area contributed by atoms with Gasteiger partial charge in [-0.1, -0.05) is 11.6 Å². The molecule has 0 bridgehead atoms. The molecular weight excluding hydrogens is 172 g/mol. The van der Waals surface area contributed by atoms with Crippen molar-refractivity contribution in [2.24, 2.45) is 0 Å². The van der Waals surface area contributed by atoms with Crippen molar-refractivity contribution in [2.75, 3.05) is 19.6 Å². The maximum atomic E-state index is 3.55. The minimum Gasteiger partial charge on any atom is -0.309 e. The van der Waals surface area contributed by atoms with Crippen molar-refractivity contribution in [2.45, 2.75) is 46.2 Å². The van der Waals surface area contributed by atoms with Crippen LogP contribution in [0.25, 0.3) is 0 Å². The number of nitrogens with one attached hydrogen (secondary N) is 1. The Labute approximate surface area is 88.4 Å². The average molecular weight is 196 g/mol. The van der Waals surface area contributed by atoms with Gasteiger partial charge in [-0.15, -0.1) is 0 Å². The molecule has 2 heteroatoms. The zero-order valence-corrected chi connectivity index (χ0v) is 10.0. The molecule has 1 rings (SSSR count). The monoisotopic (exact) mass is 196 g/mol. The lowest BCUT2D eigenvalue weighted by atomic mass is 10.1. The normalized spacial score (nSPS) is 28.9. The molecule has 1 saturated heterocycles. The third-order valence-electron chi connectivity index (χ3n) is 2.63. The molecule has 82 valence electrons. The van der Waals surface area contributed by atoms with E-state index < -0.39 is 0 Å². The third kappa shape index (κ3) is 4.25. The molecule has 2 nitrogen and oxygen atoms in total. The van der Waals surface area contributed by atoms with E-state index in [1.54, 1.807) is 0 Å². The number of hydrogen-bond donors (Lipinski definition) is 1. The van der Waals surface area contributed by atoms with Crippen molar-refractivity contribution in [1.29, 1.82) is 0 Å². The molecule has 0 aromatic carbocycles. The van der Waals surface area contributed by atoms with Crippen molar-refractivity contribution in [3.8, 4) is 0 Å². The highest BCUT2D eigenvalue weighted by molar-refractivity contribution is 4.93. The summed E-state index contributed by atoms with van der Waals surface area (Å²) in [5.74, 6) is 0. The van der Waals surface area contributed by atoms with Gasteiger partial charge in [0.25, 0.3) is 0 Å². The molecular formula is C12H24N2. The topological polar surface area (TPSA) is 15.3 Å². The van der Waals surface area contributed by atoms with Gasteiger partial charge in [-0.25, -0.2) is 0 Å². The van der Waals surface area contributed by atoms with Crippen LogP contribution in [0.15, 0.2) is 11.6 Å². The fourth-order valence-electron chi connectivity index (χ4n) is 2.16. The van der Waals surface area contributed by atoms with E-state index in [1.807, 2.05) is 0 Å². The van der Waals surface area contributed by atoms with Crippen LogP contribution >= 0.6 is 0 Å². The van der Waals surface area contributed by atoms with Crippen LogP contribution in [0.3, 0.4) is 0 Å². The Hall–Kier alpha value is -0.340. The van der Waals surface area contributed by atoms with Crippen LogP contribution in [-0.2, 0) is 0 Å². The summed E-state index contributed by atoms with van der Waals surface area (Å²) in [4.78, 5) is 2.56. The fraction of sp³-hybridized carbons (Fsp3) is 0.833. The third-order valence-corrected chi connectivity index (χ3v) is 2.63. The summed E-state index contributed by atoms with van der Waals surface area (Å²) in [7, 11) is 0. The van der Waals surface area contributed by atoms with Crippen molar-refractivity contribution >= 4 is 0 Å². The summed E-state index contributed by atoms with van der Waals surface area (Å²) in [5.41, 5.74) is 1.43. The zero-order chi connectivity index (χ0) is 10.6. The smallest absolute Gasteiger partial charge is 0.0169 e. The molecule has 0 aromatic rings. The Morgan fingerprint density at radius 3 is 2.36 bits per heavy atom. The largest absolute Gasteiger partial charge is 0.309 e. The highest BCUT2D eigenvalue weighted by Gasteiger charge is 2.19. The highest BCUT2D eigenvalue weighted by atomic mass is 15.2. The molecule has 1 heterocycles. The van der Waals surface area contributed by atoms with E-state index in [4.69, 9.17) is 0 Å². The lowest BCUT2D eigenvalue weighted by molar-refractivity contribution is 0.176. The lowest BCUT2D eigenvalue weighted by Crippen LogP contribution is -2.54. The Morgan fingerprint density at radius 2 is 1.86 bits per heavy atom. The van der Waals surface area contributed by atoms with Gasteiger partial charge in [0, 0.05) is 31.7 Å². The van der Waals surface area contributed by atoms with Crippen LogP contribution in [0, 0.1) is 0 Å². The van der Waals surface area contributed by atoms with Crippen LogP contribution in [0.1, 0.15) is 34.1 Å². The summed E-state index contributed by atoms with van der Waals surface area (Å²) in [5, 5.41) is 3.55. The van der Waals surface area contributed by atoms with Gasteiger partial charge in [0.2, 0.25) is 0 Å². The van der Waals surface area contributed by atoms with Crippen LogP contribution in [0.5, 0.6) is 0 Å². The van der Waals surface area contributed by atoms with Gasteiger partial charge in [-0.05, 0) is 34.1 Å². The number of nitrogens with zero attached hydrogens (tertiary/aromatic N) is 1. The molecule has 0 aromatic heterocycles. The molecule has 2 unspecified atom stereocenters. The summed E-state index contributed by atoms with van der Waals surface area (Å²) in [6, 6.07) is 1.29. The van der Waals surface area contributed by atoms with E-state index in [2.05, 4.69) is 44.0 Å². The summed E-state index contributed by atoms with van der Waals surface area (Å²) >= 11 is 0. The lowest BCUT2D eigenvalue weighted by Gasteiger charge is -2.35. The molecule has 0 aliphatic carbocycles. The predicted octanol–water partition coefficient (Wildman–Crippen LogP) is 2.02. The first-order valence-corrected chi connectivity index (χ1v) is 5.69. The second-order valence-electron chi connectivity index (χ2n) is 4.80.